The fourth-order valence-corrected chi connectivity index (χ4v) is 4.49. The van der Waals surface area contributed by atoms with E-state index in [-0.39, 0.29) is 49.3 Å². The Hall–Kier alpha value is -4.31. The van der Waals surface area contributed by atoms with Crippen LogP contribution in [0.3, 0.4) is 0 Å². The summed E-state index contributed by atoms with van der Waals surface area (Å²) in [6, 6.07) is 16.9. The van der Waals surface area contributed by atoms with Crippen molar-refractivity contribution in [2.75, 3.05) is 13.2 Å². The third-order valence-corrected chi connectivity index (χ3v) is 6.51. The van der Waals surface area contributed by atoms with Gasteiger partial charge in [-0.2, -0.15) is 0 Å². The summed E-state index contributed by atoms with van der Waals surface area (Å²) in [7, 11) is 0. The Morgan fingerprint density at radius 2 is 1.85 bits per heavy atom. The summed E-state index contributed by atoms with van der Waals surface area (Å²) in [4.78, 5) is 51.4. The molecule has 1 aliphatic rings. The number of phenolic OH excluding ortho intramolecular Hbond substituents is 1. The first-order chi connectivity index (χ1) is 18.8. The fourth-order valence-electron chi connectivity index (χ4n) is 4.36. The predicted octanol–water partition coefficient (Wildman–Crippen LogP) is 3.88. The lowest BCUT2D eigenvalue weighted by Gasteiger charge is -2.18. The van der Waals surface area contributed by atoms with Gasteiger partial charge in [0.15, 0.2) is 12.4 Å². The van der Waals surface area contributed by atoms with Gasteiger partial charge in [0.2, 0.25) is 0 Å². The number of thiol groups is 1. The number of nitrogens with one attached hydrogen (secondary N) is 1. The molecule has 0 spiro atoms. The lowest BCUT2D eigenvalue weighted by atomic mass is 10.0. The molecule has 2 N–H and O–H groups in total. The number of hydrogen-bond acceptors (Lipinski definition) is 8. The number of carbonyl (C=O) groups is 4. The Labute approximate surface area is 231 Å². The van der Waals surface area contributed by atoms with Crippen LogP contribution >= 0.6 is 12.8 Å². The molecule has 1 heterocycles. The quantitative estimate of drug-likeness (QED) is 0.189. The lowest BCUT2D eigenvalue weighted by molar-refractivity contribution is -0.147. The van der Waals surface area contributed by atoms with E-state index in [1.807, 2.05) is 37.3 Å². The topological polar surface area (TPSA) is 122 Å². The second kappa shape index (κ2) is 12.5. The molecule has 1 aliphatic heterocycles. The predicted molar refractivity (Wildman–Crippen MR) is 146 cm³/mol. The molecule has 0 fully saturated rings. The maximum Gasteiger partial charge on any atom is 0.344 e. The first-order valence-electron chi connectivity index (χ1n) is 12.4. The van der Waals surface area contributed by atoms with Crippen molar-refractivity contribution in [3.05, 3.63) is 94.0 Å². The number of Topliss-reactive ketones (excluding diaryl/α,β-unsaturated/α-hetero) is 1. The van der Waals surface area contributed by atoms with E-state index in [1.165, 1.54) is 23.1 Å². The number of nitrogens with zero attached hydrogens (tertiary/aromatic N) is 1. The van der Waals surface area contributed by atoms with Crippen molar-refractivity contribution in [2.24, 2.45) is 0 Å². The molecule has 0 unspecified atom stereocenters. The molecule has 0 saturated heterocycles. The van der Waals surface area contributed by atoms with E-state index in [0.717, 1.165) is 5.56 Å². The molecule has 3 aromatic rings. The summed E-state index contributed by atoms with van der Waals surface area (Å²) in [5.41, 5.74) is 2.69. The van der Waals surface area contributed by atoms with Gasteiger partial charge in [-0.05, 0) is 47.9 Å². The van der Waals surface area contributed by atoms with Crippen molar-refractivity contribution >= 4 is 36.4 Å². The van der Waals surface area contributed by atoms with E-state index in [9.17, 15) is 24.3 Å². The van der Waals surface area contributed by atoms with Gasteiger partial charge in [-0.1, -0.05) is 56.5 Å². The Morgan fingerprint density at radius 3 is 2.56 bits per heavy atom. The standard InChI is InChI=1S/C29H28N2O7S/c1-2-6-23-25(37-17-26(33)38-16-18-7-4-3-5-8-18)12-11-22(27(23)34)24(32)15-31-14-20-13-19(28(35)30-39)9-10-21(20)29(31)36/h3-5,7-13,34,39H,2,6,14-17H2,1H3,(H,30,35). The van der Waals surface area contributed by atoms with Crippen molar-refractivity contribution in [3.8, 4) is 11.5 Å². The molecule has 4 rings (SSSR count). The van der Waals surface area contributed by atoms with Gasteiger partial charge in [-0.25, -0.2) is 4.79 Å². The second-order valence-corrected chi connectivity index (χ2v) is 9.24. The van der Waals surface area contributed by atoms with E-state index in [1.54, 1.807) is 12.1 Å². The van der Waals surface area contributed by atoms with Crippen molar-refractivity contribution in [1.29, 1.82) is 0 Å². The summed E-state index contributed by atoms with van der Waals surface area (Å²) in [6.45, 7) is 1.57. The highest BCUT2D eigenvalue weighted by molar-refractivity contribution is 7.78. The molecule has 202 valence electrons. The van der Waals surface area contributed by atoms with Crippen LogP contribution in [-0.2, 0) is 29.1 Å². The highest BCUT2D eigenvalue weighted by atomic mass is 32.1. The number of hydrogen-bond donors (Lipinski definition) is 3. The molecular weight excluding hydrogens is 520 g/mol. The minimum absolute atomic E-state index is 0.0522. The SMILES string of the molecule is CCCc1c(OCC(=O)OCc2ccccc2)ccc(C(=O)CN2Cc3cc(C(=O)NS)ccc3C2=O)c1O. The molecule has 0 aromatic heterocycles. The molecule has 0 saturated carbocycles. The van der Waals surface area contributed by atoms with Gasteiger partial charge in [0, 0.05) is 23.2 Å². The number of amides is 2. The number of ketones is 1. The molecular formula is C29H28N2O7S. The van der Waals surface area contributed by atoms with Crippen LogP contribution in [0.4, 0.5) is 0 Å². The summed E-state index contributed by atoms with van der Waals surface area (Å²) in [5.74, 6) is -1.71. The number of aromatic hydroxyl groups is 1. The van der Waals surface area contributed by atoms with Gasteiger partial charge in [0.25, 0.3) is 11.8 Å². The average Bonchev–Trinajstić information content (AvgIpc) is 3.26. The summed E-state index contributed by atoms with van der Waals surface area (Å²) >= 11 is 3.76. The van der Waals surface area contributed by atoms with E-state index in [4.69, 9.17) is 9.47 Å². The number of benzene rings is 3. The molecule has 9 nitrogen and oxygen atoms in total. The molecule has 0 radical (unpaired) electrons. The van der Waals surface area contributed by atoms with Gasteiger partial charge in [0.05, 0.1) is 12.1 Å². The Balaban J connectivity index is 1.42. The van der Waals surface area contributed by atoms with Gasteiger partial charge < -0.3 is 19.5 Å². The van der Waals surface area contributed by atoms with Crippen LogP contribution < -0.4 is 9.46 Å². The maximum absolute atomic E-state index is 13.2. The van der Waals surface area contributed by atoms with Gasteiger partial charge >= 0.3 is 5.97 Å². The van der Waals surface area contributed by atoms with Crippen molar-refractivity contribution in [3.63, 3.8) is 0 Å². The molecule has 0 bridgehead atoms. The maximum atomic E-state index is 13.2. The third kappa shape index (κ3) is 6.40. The van der Waals surface area contributed by atoms with Crippen molar-refractivity contribution in [1.82, 2.24) is 9.62 Å². The number of ether oxygens (including phenoxy) is 2. The van der Waals surface area contributed by atoms with Crippen LogP contribution in [0.1, 0.15) is 61.1 Å². The molecule has 0 atom stereocenters. The van der Waals surface area contributed by atoms with Gasteiger partial charge in [-0.15, -0.1) is 0 Å². The highest BCUT2D eigenvalue weighted by Crippen LogP contribution is 2.34. The van der Waals surface area contributed by atoms with Crippen LogP contribution in [0, 0.1) is 0 Å². The molecule has 39 heavy (non-hydrogen) atoms. The van der Waals surface area contributed by atoms with E-state index < -0.39 is 17.7 Å². The summed E-state index contributed by atoms with van der Waals surface area (Å²) in [6.07, 6.45) is 1.06. The zero-order valence-electron chi connectivity index (χ0n) is 21.3. The third-order valence-electron chi connectivity index (χ3n) is 6.31. The number of fused-ring (bicyclic) bond motifs is 1. The number of rotatable bonds is 11. The second-order valence-electron chi connectivity index (χ2n) is 9.02. The van der Waals surface area contributed by atoms with E-state index in [2.05, 4.69) is 17.5 Å². The first-order valence-corrected chi connectivity index (χ1v) is 12.8. The average molecular weight is 549 g/mol. The van der Waals surface area contributed by atoms with Crippen LogP contribution in [-0.4, -0.2) is 46.7 Å². The monoisotopic (exact) mass is 548 g/mol. The van der Waals surface area contributed by atoms with E-state index >= 15 is 0 Å². The van der Waals surface area contributed by atoms with Crippen LogP contribution in [0.5, 0.6) is 11.5 Å². The Kier molecular flexibility index (Phi) is 8.88. The summed E-state index contributed by atoms with van der Waals surface area (Å²) in [5, 5.41) is 11.0. The van der Waals surface area contributed by atoms with Gasteiger partial charge in [0.1, 0.15) is 18.1 Å². The largest absolute Gasteiger partial charge is 0.507 e. The van der Waals surface area contributed by atoms with Crippen LogP contribution in [0.2, 0.25) is 0 Å². The fraction of sp³-hybridized carbons (Fsp3) is 0.241. The summed E-state index contributed by atoms with van der Waals surface area (Å²) < 4.78 is 13.1. The number of phenols is 1. The van der Waals surface area contributed by atoms with Crippen LogP contribution in [0.25, 0.3) is 0 Å². The Bertz CT molecular complexity index is 1410. The normalized spacial score (nSPS) is 12.2. The first kappa shape index (κ1) is 27.7. The van der Waals surface area contributed by atoms with E-state index in [0.29, 0.717) is 35.1 Å². The highest BCUT2D eigenvalue weighted by Gasteiger charge is 2.30. The zero-order valence-corrected chi connectivity index (χ0v) is 22.2. The molecule has 10 heteroatoms. The molecule has 0 aliphatic carbocycles. The van der Waals surface area contributed by atoms with Gasteiger partial charge in [-0.3, -0.25) is 19.1 Å². The minimum Gasteiger partial charge on any atom is -0.507 e. The molecule has 2 amide bonds. The number of carbonyl (C=O) groups excluding carboxylic acids is 4. The smallest absolute Gasteiger partial charge is 0.344 e. The minimum atomic E-state index is -0.567. The lowest BCUT2D eigenvalue weighted by Crippen LogP contribution is -2.30. The van der Waals surface area contributed by atoms with Crippen LogP contribution in [0.15, 0.2) is 60.7 Å². The Morgan fingerprint density at radius 1 is 1.08 bits per heavy atom. The number of esters is 1. The van der Waals surface area contributed by atoms with Crippen molar-refractivity contribution < 1.29 is 33.8 Å². The van der Waals surface area contributed by atoms with Crippen molar-refractivity contribution in [2.45, 2.75) is 32.9 Å². The molecule has 3 aromatic carbocycles. The zero-order chi connectivity index (χ0) is 27.9.